The van der Waals surface area contributed by atoms with Crippen LogP contribution in [-0.2, 0) is 12.5 Å². The Kier molecular flexibility index (Phi) is 9.42. The Morgan fingerprint density at radius 1 is 0.723 bits per heavy atom. The summed E-state index contributed by atoms with van der Waals surface area (Å²) in [6.07, 6.45) is 2.57. The summed E-state index contributed by atoms with van der Waals surface area (Å²) in [4.78, 5) is 4.34. The van der Waals surface area contributed by atoms with E-state index in [1.54, 1.807) is 12.3 Å². The molecule has 0 aliphatic rings. The second kappa shape index (κ2) is 13.5. The number of hydrogen-bond acceptors (Lipinski definition) is 3. The zero-order valence-corrected chi connectivity index (χ0v) is 24.4. The summed E-state index contributed by atoms with van der Waals surface area (Å²) in [5.74, 6) is -9.06. The number of aromatic nitrogens is 1. The lowest BCUT2D eigenvalue weighted by atomic mass is 9.99. The monoisotopic (exact) mass is 650 g/mol. The highest BCUT2D eigenvalue weighted by Gasteiger charge is 2.41. The SMILES string of the molecule is CC=CCCc1ccc(-c2ccc(-c3cc(F)c(C(F)(F)Oc4ccc(-c5cc(F)c(C#N)c(F)c5)c(F)c4)c(F)c3)c(F)c2)nc1. The van der Waals surface area contributed by atoms with Crippen LogP contribution in [0.25, 0.3) is 33.5 Å². The van der Waals surface area contributed by atoms with Crippen molar-refractivity contribution in [3.63, 3.8) is 0 Å². The maximum atomic E-state index is 15.1. The van der Waals surface area contributed by atoms with Gasteiger partial charge < -0.3 is 4.74 Å². The van der Waals surface area contributed by atoms with E-state index in [1.807, 2.05) is 25.1 Å². The van der Waals surface area contributed by atoms with Crippen LogP contribution in [0.15, 0.2) is 91.1 Å². The predicted molar refractivity (Wildman–Crippen MR) is 159 cm³/mol. The third-order valence-electron chi connectivity index (χ3n) is 7.22. The van der Waals surface area contributed by atoms with E-state index in [-0.39, 0.29) is 16.7 Å². The van der Waals surface area contributed by atoms with Gasteiger partial charge in [0.1, 0.15) is 57.8 Å². The lowest BCUT2D eigenvalue weighted by Gasteiger charge is -2.20. The van der Waals surface area contributed by atoms with Crippen LogP contribution in [0.3, 0.4) is 0 Å². The van der Waals surface area contributed by atoms with Crippen LogP contribution in [0.5, 0.6) is 5.75 Å². The molecule has 5 aromatic rings. The first-order chi connectivity index (χ1) is 22.4. The molecule has 11 heteroatoms. The molecular weight excluding hydrogens is 628 g/mol. The van der Waals surface area contributed by atoms with E-state index >= 15 is 22.0 Å². The van der Waals surface area contributed by atoms with Gasteiger partial charge in [-0.1, -0.05) is 30.4 Å². The molecule has 4 aromatic carbocycles. The van der Waals surface area contributed by atoms with Crippen molar-refractivity contribution in [2.45, 2.75) is 25.9 Å². The Bertz CT molecular complexity index is 1990. The summed E-state index contributed by atoms with van der Waals surface area (Å²) in [6, 6.07) is 13.2. The number of rotatable bonds is 9. The minimum atomic E-state index is -4.67. The van der Waals surface area contributed by atoms with Crippen molar-refractivity contribution in [1.29, 1.82) is 5.26 Å². The molecule has 0 N–H and O–H groups in total. The fourth-order valence-electron chi connectivity index (χ4n) is 4.90. The number of nitriles is 1. The summed E-state index contributed by atoms with van der Waals surface area (Å²) < 4.78 is 122. The molecule has 0 aliphatic heterocycles. The molecule has 0 fully saturated rings. The van der Waals surface area contributed by atoms with Gasteiger partial charge in [-0.15, -0.1) is 0 Å². The molecule has 0 unspecified atom stereocenters. The van der Waals surface area contributed by atoms with Crippen molar-refractivity contribution in [1.82, 2.24) is 4.98 Å². The van der Waals surface area contributed by atoms with Crippen LogP contribution in [0.2, 0.25) is 0 Å². The van der Waals surface area contributed by atoms with E-state index in [9.17, 15) is 13.2 Å². The molecule has 0 radical (unpaired) electrons. The molecule has 0 aliphatic carbocycles. The molecule has 5 rings (SSSR count). The number of halogens is 8. The summed E-state index contributed by atoms with van der Waals surface area (Å²) in [6.45, 7) is 1.92. The standard InChI is InChI=1S/C36H22F8N2O/c1-2-3-4-5-20-6-11-34(46-19-20)21-7-9-25(28(37)12-21)23-15-32(41)35(33(42)16-23)36(43,44)47-24-8-10-26(31(40)17-24)22-13-29(38)27(18-45)30(39)14-22/h2-3,6-17,19H,4-5H2,1H3. The minimum absolute atomic E-state index is 0.265. The van der Waals surface area contributed by atoms with E-state index in [0.717, 1.165) is 36.6 Å². The van der Waals surface area contributed by atoms with Crippen molar-refractivity contribution >= 4 is 0 Å². The van der Waals surface area contributed by atoms with Gasteiger partial charge in [0.15, 0.2) is 0 Å². The largest absolute Gasteiger partial charge is 0.432 e. The van der Waals surface area contributed by atoms with Crippen molar-refractivity contribution < 1.29 is 39.9 Å². The zero-order valence-electron chi connectivity index (χ0n) is 24.4. The van der Waals surface area contributed by atoms with Gasteiger partial charge in [-0.05, 0) is 85.0 Å². The highest BCUT2D eigenvalue weighted by Crippen LogP contribution is 2.39. The van der Waals surface area contributed by atoms with Crippen LogP contribution in [0.4, 0.5) is 35.1 Å². The lowest BCUT2D eigenvalue weighted by Crippen LogP contribution is -2.25. The number of benzene rings is 4. The van der Waals surface area contributed by atoms with Gasteiger partial charge in [0.05, 0.1) is 5.69 Å². The molecule has 1 aromatic heterocycles. The maximum absolute atomic E-state index is 15.1. The zero-order chi connectivity index (χ0) is 33.9. The topological polar surface area (TPSA) is 45.9 Å². The summed E-state index contributed by atoms with van der Waals surface area (Å²) in [5, 5.41) is 8.79. The summed E-state index contributed by atoms with van der Waals surface area (Å²) >= 11 is 0. The Balaban J connectivity index is 1.37. The van der Waals surface area contributed by atoms with Gasteiger partial charge in [-0.2, -0.15) is 14.0 Å². The van der Waals surface area contributed by atoms with Crippen molar-refractivity contribution in [2.75, 3.05) is 0 Å². The Hall–Kier alpha value is -5.50. The van der Waals surface area contributed by atoms with Crippen molar-refractivity contribution in [2.24, 2.45) is 0 Å². The number of pyridine rings is 1. The van der Waals surface area contributed by atoms with Crippen LogP contribution in [-0.4, -0.2) is 4.98 Å². The van der Waals surface area contributed by atoms with Crippen LogP contribution in [0.1, 0.15) is 30.0 Å². The van der Waals surface area contributed by atoms with E-state index in [2.05, 4.69) is 9.72 Å². The van der Waals surface area contributed by atoms with E-state index < -0.39 is 63.5 Å². The second-order valence-electron chi connectivity index (χ2n) is 10.4. The number of nitrogens with zero attached hydrogens (tertiary/aromatic N) is 2. The fourth-order valence-corrected chi connectivity index (χ4v) is 4.90. The quantitative estimate of drug-likeness (QED) is 0.118. The molecule has 47 heavy (non-hydrogen) atoms. The summed E-state index contributed by atoms with van der Waals surface area (Å²) in [5.41, 5.74) is -2.28. The van der Waals surface area contributed by atoms with Crippen LogP contribution >= 0.6 is 0 Å². The van der Waals surface area contributed by atoms with Gasteiger partial charge in [0, 0.05) is 29.0 Å². The van der Waals surface area contributed by atoms with Crippen molar-refractivity contribution in [3.8, 4) is 45.3 Å². The molecule has 0 saturated heterocycles. The Morgan fingerprint density at radius 3 is 1.83 bits per heavy atom. The average Bonchev–Trinajstić information content (AvgIpc) is 3.00. The number of aryl methyl sites for hydroxylation is 1. The molecule has 0 saturated carbocycles. The highest BCUT2D eigenvalue weighted by molar-refractivity contribution is 5.70. The smallest absolute Gasteiger partial charge is 0.429 e. The first kappa shape index (κ1) is 32.9. The highest BCUT2D eigenvalue weighted by atomic mass is 19.3. The molecule has 0 atom stereocenters. The van der Waals surface area contributed by atoms with E-state index in [4.69, 9.17) is 5.26 Å². The second-order valence-corrected chi connectivity index (χ2v) is 10.4. The molecule has 0 spiro atoms. The predicted octanol–water partition coefficient (Wildman–Crippen LogP) is 10.4. The molecular formula is C36H22F8N2O. The number of hydrogen-bond donors (Lipinski definition) is 0. The van der Waals surface area contributed by atoms with Gasteiger partial charge >= 0.3 is 6.11 Å². The summed E-state index contributed by atoms with van der Waals surface area (Å²) in [7, 11) is 0. The molecule has 0 bridgehead atoms. The maximum Gasteiger partial charge on any atom is 0.432 e. The first-order valence-electron chi connectivity index (χ1n) is 14.0. The average molecular weight is 651 g/mol. The van der Waals surface area contributed by atoms with Crippen molar-refractivity contribution in [3.05, 3.63) is 143 Å². The molecule has 0 amide bonds. The number of alkyl halides is 2. The van der Waals surface area contributed by atoms with Gasteiger partial charge in [0.2, 0.25) is 0 Å². The minimum Gasteiger partial charge on any atom is -0.429 e. The van der Waals surface area contributed by atoms with Gasteiger partial charge in [-0.25, -0.2) is 26.3 Å². The van der Waals surface area contributed by atoms with Gasteiger partial charge in [-0.3, -0.25) is 4.98 Å². The third-order valence-corrected chi connectivity index (χ3v) is 7.22. The van der Waals surface area contributed by atoms with Crippen LogP contribution in [0, 0.1) is 46.2 Å². The Morgan fingerprint density at radius 2 is 1.30 bits per heavy atom. The molecule has 1 heterocycles. The van der Waals surface area contributed by atoms with E-state index in [0.29, 0.717) is 41.6 Å². The molecule has 238 valence electrons. The first-order valence-corrected chi connectivity index (χ1v) is 14.0. The third kappa shape index (κ3) is 7.02. The van der Waals surface area contributed by atoms with Gasteiger partial charge in [0.25, 0.3) is 0 Å². The number of ether oxygens (including phenoxy) is 1. The van der Waals surface area contributed by atoms with Crippen LogP contribution < -0.4 is 4.74 Å². The Labute approximate surface area is 264 Å². The fraction of sp³-hybridized carbons (Fsp3) is 0.111. The lowest BCUT2D eigenvalue weighted by molar-refractivity contribution is -0.189. The van der Waals surface area contributed by atoms with E-state index in [1.165, 1.54) is 18.2 Å². The molecule has 3 nitrogen and oxygen atoms in total. The number of allylic oxidation sites excluding steroid dienone is 2. The normalized spacial score (nSPS) is 11.6.